The number of amides is 1. The molecule has 0 bridgehead atoms. The molecule has 1 aromatic heterocycles. The van der Waals surface area contributed by atoms with E-state index in [-0.39, 0.29) is 17.7 Å². The van der Waals surface area contributed by atoms with Crippen LogP contribution in [0.2, 0.25) is 0 Å². The van der Waals surface area contributed by atoms with Crippen molar-refractivity contribution in [1.29, 1.82) is 0 Å². The Morgan fingerprint density at radius 2 is 1.57 bits per heavy atom. The van der Waals surface area contributed by atoms with E-state index in [2.05, 4.69) is 10.2 Å². The number of nitrogens with zero attached hydrogens (tertiary/aromatic N) is 4. The number of hydrogen-bond donors (Lipinski definition) is 0. The summed E-state index contributed by atoms with van der Waals surface area (Å²) in [5, 5.41) is 9.59. The molecular formula is C30H34N4O5S. The average molecular weight is 563 g/mol. The summed E-state index contributed by atoms with van der Waals surface area (Å²) in [4.78, 5) is 15.2. The van der Waals surface area contributed by atoms with E-state index in [1.54, 1.807) is 26.2 Å². The first-order chi connectivity index (χ1) is 19.4. The summed E-state index contributed by atoms with van der Waals surface area (Å²) in [5.41, 5.74) is 2.38. The Labute approximate surface area is 239 Å². The Morgan fingerprint density at radius 1 is 0.925 bits per heavy atom. The topological polar surface area (TPSA) is 87.9 Å². The minimum atomic E-state index is -0.0261. The first-order valence-corrected chi connectivity index (χ1v) is 13.9. The van der Waals surface area contributed by atoms with Gasteiger partial charge < -0.3 is 23.8 Å². The molecule has 40 heavy (non-hydrogen) atoms. The molecule has 10 heteroatoms. The van der Waals surface area contributed by atoms with Crippen LogP contribution in [0, 0.1) is 0 Å². The van der Waals surface area contributed by atoms with Gasteiger partial charge in [0.25, 0.3) is 0 Å². The Balaban J connectivity index is 1.75. The van der Waals surface area contributed by atoms with E-state index < -0.39 is 0 Å². The third-order valence-corrected chi connectivity index (χ3v) is 7.02. The minimum absolute atomic E-state index is 0.00531. The zero-order valence-corrected chi connectivity index (χ0v) is 24.4. The smallest absolute Gasteiger partial charge is 0.237 e. The van der Waals surface area contributed by atoms with Gasteiger partial charge in [-0.1, -0.05) is 30.0 Å². The number of benzene rings is 3. The largest absolute Gasteiger partial charge is 0.494 e. The maximum absolute atomic E-state index is 13.4. The molecule has 0 atom stereocenters. The maximum Gasteiger partial charge on any atom is 0.237 e. The molecule has 4 aromatic rings. The Morgan fingerprint density at radius 3 is 2.12 bits per heavy atom. The van der Waals surface area contributed by atoms with Crippen molar-refractivity contribution in [3.8, 4) is 40.1 Å². The minimum Gasteiger partial charge on any atom is -0.494 e. The zero-order valence-electron chi connectivity index (χ0n) is 23.6. The number of hydrogen-bond acceptors (Lipinski definition) is 8. The van der Waals surface area contributed by atoms with Gasteiger partial charge in [0, 0.05) is 23.0 Å². The Hall–Kier alpha value is -4.18. The normalized spacial score (nSPS) is 10.9. The van der Waals surface area contributed by atoms with Crippen molar-refractivity contribution in [2.45, 2.75) is 32.0 Å². The predicted octanol–water partition coefficient (Wildman–Crippen LogP) is 5.89. The van der Waals surface area contributed by atoms with Crippen LogP contribution < -0.4 is 23.8 Å². The molecule has 0 saturated carbocycles. The van der Waals surface area contributed by atoms with E-state index in [4.69, 9.17) is 18.9 Å². The average Bonchev–Trinajstić information content (AvgIpc) is 3.40. The van der Waals surface area contributed by atoms with Crippen LogP contribution in [-0.4, -0.2) is 60.4 Å². The van der Waals surface area contributed by atoms with Crippen molar-refractivity contribution in [2.24, 2.45) is 0 Å². The van der Waals surface area contributed by atoms with E-state index in [0.29, 0.717) is 40.4 Å². The number of aromatic nitrogens is 3. The van der Waals surface area contributed by atoms with Crippen LogP contribution in [0.15, 0.2) is 71.9 Å². The van der Waals surface area contributed by atoms with Gasteiger partial charge in [-0.05, 0) is 69.3 Å². The SMILES string of the molecule is CCOc1ccc(-n2c(SCC(=O)N(c3ccccc3)C(C)C)nnc2-c2cc(OC)c(OC)c(OC)c2)cc1. The van der Waals surface area contributed by atoms with Crippen LogP contribution in [0.3, 0.4) is 0 Å². The molecule has 0 aliphatic carbocycles. The van der Waals surface area contributed by atoms with E-state index in [9.17, 15) is 4.79 Å². The number of thioether (sulfide) groups is 1. The van der Waals surface area contributed by atoms with Crippen LogP contribution in [-0.2, 0) is 4.79 Å². The third kappa shape index (κ3) is 6.17. The van der Waals surface area contributed by atoms with Gasteiger partial charge in [0.05, 0.1) is 33.7 Å². The molecule has 0 aliphatic heterocycles. The number of carbonyl (C=O) groups is 1. The van der Waals surface area contributed by atoms with E-state index in [1.807, 2.05) is 92.1 Å². The van der Waals surface area contributed by atoms with Crippen LogP contribution in [0.25, 0.3) is 17.1 Å². The summed E-state index contributed by atoms with van der Waals surface area (Å²) >= 11 is 1.33. The second kappa shape index (κ2) is 13.3. The maximum atomic E-state index is 13.4. The van der Waals surface area contributed by atoms with Crippen molar-refractivity contribution in [1.82, 2.24) is 14.8 Å². The summed E-state index contributed by atoms with van der Waals surface area (Å²) in [6.45, 7) is 6.51. The molecule has 210 valence electrons. The lowest BCUT2D eigenvalue weighted by molar-refractivity contribution is -0.116. The lowest BCUT2D eigenvalue weighted by atomic mass is 10.1. The number of para-hydroxylation sites is 1. The van der Waals surface area contributed by atoms with Gasteiger partial charge in [-0.3, -0.25) is 9.36 Å². The van der Waals surface area contributed by atoms with Crippen LogP contribution in [0.1, 0.15) is 20.8 Å². The number of methoxy groups -OCH3 is 3. The van der Waals surface area contributed by atoms with Crippen molar-refractivity contribution < 1.29 is 23.7 Å². The summed E-state index contributed by atoms with van der Waals surface area (Å²) in [6, 6.07) is 21.0. The number of ether oxygens (including phenoxy) is 4. The Bertz CT molecular complexity index is 1400. The van der Waals surface area contributed by atoms with Crippen molar-refractivity contribution >= 4 is 23.4 Å². The molecule has 0 unspecified atom stereocenters. The van der Waals surface area contributed by atoms with Gasteiger partial charge in [-0.15, -0.1) is 10.2 Å². The highest BCUT2D eigenvalue weighted by molar-refractivity contribution is 7.99. The molecule has 0 fully saturated rings. The molecule has 4 rings (SSSR count). The zero-order chi connectivity index (χ0) is 28.6. The molecule has 0 radical (unpaired) electrons. The van der Waals surface area contributed by atoms with Gasteiger partial charge in [-0.2, -0.15) is 0 Å². The fraction of sp³-hybridized carbons (Fsp3) is 0.300. The van der Waals surface area contributed by atoms with Crippen molar-refractivity contribution in [3.05, 3.63) is 66.7 Å². The standard InChI is InChI=1S/C30H34N4O5S/c1-7-39-24-15-13-23(14-16-24)34-29(21-17-25(36-4)28(38-6)26(18-21)37-5)31-32-30(34)40-19-27(35)33(20(2)3)22-11-9-8-10-12-22/h8-18,20H,7,19H2,1-6H3. The highest BCUT2D eigenvalue weighted by Crippen LogP contribution is 2.42. The first kappa shape index (κ1) is 28.8. The second-order valence-corrected chi connectivity index (χ2v) is 9.91. The van der Waals surface area contributed by atoms with Gasteiger partial charge >= 0.3 is 0 Å². The number of carbonyl (C=O) groups excluding carboxylic acids is 1. The molecule has 9 nitrogen and oxygen atoms in total. The predicted molar refractivity (Wildman–Crippen MR) is 157 cm³/mol. The highest BCUT2D eigenvalue weighted by atomic mass is 32.2. The van der Waals surface area contributed by atoms with Crippen molar-refractivity contribution in [3.63, 3.8) is 0 Å². The monoisotopic (exact) mass is 562 g/mol. The van der Waals surface area contributed by atoms with Gasteiger partial charge in [0.15, 0.2) is 22.5 Å². The van der Waals surface area contributed by atoms with Gasteiger partial charge in [-0.25, -0.2) is 0 Å². The summed E-state index contributed by atoms with van der Waals surface area (Å²) in [5.74, 6) is 2.95. The molecule has 0 spiro atoms. The second-order valence-electron chi connectivity index (χ2n) is 8.96. The van der Waals surface area contributed by atoms with E-state index >= 15 is 0 Å². The summed E-state index contributed by atoms with van der Waals surface area (Å²) < 4.78 is 24.2. The first-order valence-electron chi connectivity index (χ1n) is 12.9. The fourth-order valence-electron chi connectivity index (χ4n) is 4.37. The molecule has 0 saturated heterocycles. The van der Waals surface area contributed by atoms with Crippen LogP contribution >= 0.6 is 11.8 Å². The lowest BCUT2D eigenvalue weighted by Crippen LogP contribution is -2.38. The molecule has 0 N–H and O–H groups in total. The number of rotatable bonds is 12. The molecule has 0 aliphatic rings. The molecule has 3 aromatic carbocycles. The van der Waals surface area contributed by atoms with Crippen molar-refractivity contribution in [2.75, 3.05) is 38.6 Å². The quantitative estimate of drug-likeness (QED) is 0.198. The molecule has 1 heterocycles. The number of anilines is 1. The summed E-state index contributed by atoms with van der Waals surface area (Å²) in [6.07, 6.45) is 0. The van der Waals surface area contributed by atoms with E-state index in [0.717, 1.165) is 17.1 Å². The lowest BCUT2D eigenvalue weighted by Gasteiger charge is -2.26. The van der Waals surface area contributed by atoms with Gasteiger partial charge in [0.1, 0.15) is 5.75 Å². The van der Waals surface area contributed by atoms with Crippen LogP contribution in [0.5, 0.6) is 23.0 Å². The molecular weight excluding hydrogens is 528 g/mol. The Kier molecular flexibility index (Phi) is 9.55. The van der Waals surface area contributed by atoms with Gasteiger partial charge in [0.2, 0.25) is 11.7 Å². The fourth-order valence-corrected chi connectivity index (χ4v) is 5.18. The third-order valence-electron chi connectivity index (χ3n) is 6.11. The highest BCUT2D eigenvalue weighted by Gasteiger charge is 2.24. The van der Waals surface area contributed by atoms with E-state index in [1.165, 1.54) is 11.8 Å². The summed E-state index contributed by atoms with van der Waals surface area (Å²) in [7, 11) is 4.70. The van der Waals surface area contributed by atoms with Crippen LogP contribution in [0.4, 0.5) is 5.69 Å². The molecule has 1 amide bonds.